The Morgan fingerprint density at radius 3 is 2.62 bits per heavy atom. The summed E-state index contributed by atoms with van der Waals surface area (Å²) in [6.45, 7) is 11.0. The maximum Gasteiger partial charge on any atom is 0.410 e. The Morgan fingerprint density at radius 1 is 1.28 bits per heavy atom. The molecule has 2 aliphatic heterocycles. The standard InChI is InChI=1S/C23H29N5O2S2/c1-13-12-25-17(14(2)26-13)10-16(24)20-27-21-19(32-20)11-18(31-21)15-6-8-28(9-7-15)22(29)30-23(3,4)5/h10-12,15,24-25H,6-9H2,1-5H3/b17-10-,24-16?. The highest BCUT2D eigenvalue weighted by atomic mass is 32.1. The molecule has 4 heterocycles. The van der Waals surface area contributed by atoms with Gasteiger partial charge in [-0.05, 0) is 65.5 Å². The molecule has 0 bridgehead atoms. The lowest BCUT2D eigenvalue weighted by atomic mass is 9.95. The highest BCUT2D eigenvalue weighted by Gasteiger charge is 2.28. The van der Waals surface area contributed by atoms with Crippen molar-refractivity contribution < 1.29 is 9.53 Å². The number of likely N-dealkylation sites (tertiary alicyclic amines) is 1. The zero-order chi connectivity index (χ0) is 23.0. The van der Waals surface area contributed by atoms with E-state index in [9.17, 15) is 4.79 Å². The number of carbonyl (C=O) groups is 1. The number of ether oxygens (including phenoxy) is 1. The van der Waals surface area contributed by atoms with Crippen LogP contribution in [0.1, 0.15) is 63.3 Å². The van der Waals surface area contributed by atoms with Crippen LogP contribution < -0.4 is 5.32 Å². The molecule has 2 aromatic rings. The average Bonchev–Trinajstić information content (AvgIpc) is 3.28. The summed E-state index contributed by atoms with van der Waals surface area (Å²) in [6, 6.07) is 2.22. The third kappa shape index (κ3) is 5.10. The molecule has 0 unspecified atom stereocenters. The number of nitrogens with one attached hydrogen (secondary N) is 2. The summed E-state index contributed by atoms with van der Waals surface area (Å²) < 4.78 is 6.62. The Hall–Kier alpha value is -2.52. The molecular formula is C23H29N5O2S2. The second kappa shape index (κ2) is 8.78. The molecule has 0 saturated carbocycles. The average molecular weight is 472 g/mol. The van der Waals surface area contributed by atoms with Gasteiger partial charge in [0.25, 0.3) is 0 Å². The van der Waals surface area contributed by atoms with E-state index < -0.39 is 5.60 Å². The van der Waals surface area contributed by atoms with E-state index in [4.69, 9.17) is 15.1 Å². The fourth-order valence-electron chi connectivity index (χ4n) is 3.74. The molecule has 0 aliphatic carbocycles. The molecule has 0 radical (unpaired) electrons. The van der Waals surface area contributed by atoms with Crippen LogP contribution in [-0.2, 0) is 4.74 Å². The first-order chi connectivity index (χ1) is 15.1. The maximum atomic E-state index is 12.3. The largest absolute Gasteiger partial charge is 0.444 e. The molecular weight excluding hydrogens is 442 g/mol. The third-order valence-corrected chi connectivity index (χ3v) is 7.70. The van der Waals surface area contributed by atoms with Crippen LogP contribution in [0.5, 0.6) is 0 Å². The van der Waals surface area contributed by atoms with E-state index in [0.29, 0.717) is 29.7 Å². The highest BCUT2D eigenvalue weighted by molar-refractivity contribution is 7.28. The van der Waals surface area contributed by atoms with Crippen LogP contribution in [0.4, 0.5) is 4.79 Å². The third-order valence-electron chi connectivity index (χ3n) is 5.35. The van der Waals surface area contributed by atoms with Crippen LogP contribution >= 0.6 is 22.7 Å². The molecule has 2 aromatic heterocycles. The molecule has 170 valence electrons. The number of thiophene rings is 1. The summed E-state index contributed by atoms with van der Waals surface area (Å²) in [4.78, 5) is 25.6. The van der Waals surface area contributed by atoms with Gasteiger partial charge in [0, 0.05) is 24.2 Å². The van der Waals surface area contributed by atoms with E-state index >= 15 is 0 Å². The van der Waals surface area contributed by atoms with Crippen molar-refractivity contribution in [3.63, 3.8) is 0 Å². The van der Waals surface area contributed by atoms with Crippen molar-refractivity contribution in [3.05, 3.63) is 39.6 Å². The molecule has 32 heavy (non-hydrogen) atoms. The minimum atomic E-state index is -0.465. The summed E-state index contributed by atoms with van der Waals surface area (Å²) in [5, 5.41) is 12.4. The van der Waals surface area contributed by atoms with Gasteiger partial charge in [0.15, 0.2) is 0 Å². The molecule has 9 heteroatoms. The molecule has 2 N–H and O–H groups in total. The number of nitrogens with zero attached hydrogens (tertiary/aromatic N) is 3. The van der Waals surface area contributed by atoms with Gasteiger partial charge in [-0.25, -0.2) is 9.78 Å². The van der Waals surface area contributed by atoms with Crippen molar-refractivity contribution >= 4 is 49.7 Å². The summed E-state index contributed by atoms with van der Waals surface area (Å²) in [6.07, 6.45) is 5.27. The zero-order valence-corrected chi connectivity index (χ0v) is 20.7. The van der Waals surface area contributed by atoms with E-state index in [1.165, 1.54) is 4.88 Å². The molecule has 1 fully saturated rings. The summed E-state index contributed by atoms with van der Waals surface area (Å²) >= 11 is 3.26. The van der Waals surface area contributed by atoms with E-state index in [2.05, 4.69) is 16.4 Å². The van der Waals surface area contributed by atoms with Gasteiger partial charge in [0.05, 0.1) is 27.5 Å². The van der Waals surface area contributed by atoms with Gasteiger partial charge >= 0.3 is 6.09 Å². The molecule has 0 atom stereocenters. The number of piperidine rings is 1. The fourth-order valence-corrected chi connectivity index (χ4v) is 6.05. The van der Waals surface area contributed by atoms with Crippen molar-refractivity contribution in [2.75, 3.05) is 13.1 Å². The van der Waals surface area contributed by atoms with Crippen LogP contribution in [0.2, 0.25) is 0 Å². The molecule has 1 saturated heterocycles. The minimum absolute atomic E-state index is 0.222. The van der Waals surface area contributed by atoms with Gasteiger partial charge in [0.2, 0.25) is 0 Å². The van der Waals surface area contributed by atoms with Crippen molar-refractivity contribution in [1.82, 2.24) is 15.2 Å². The number of aliphatic imine (C=N–C) groups is 1. The van der Waals surface area contributed by atoms with Crippen molar-refractivity contribution in [1.29, 1.82) is 5.41 Å². The zero-order valence-electron chi connectivity index (χ0n) is 19.1. The van der Waals surface area contributed by atoms with Gasteiger partial charge in [-0.3, -0.25) is 10.4 Å². The second-order valence-corrected chi connectivity index (χ2v) is 11.3. The minimum Gasteiger partial charge on any atom is -0.444 e. The summed E-state index contributed by atoms with van der Waals surface area (Å²) in [7, 11) is 0. The van der Waals surface area contributed by atoms with Crippen LogP contribution in [0, 0.1) is 5.41 Å². The Morgan fingerprint density at radius 2 is 2.00 bits per heavy atom. The van der Waals surface area contributed by atoms with Gasteiger partial charge < -0.3 is 15.0 Å². The lowest BCUT2D eigenvalue weighted by molar-refractivity contribution is 0.0205. The Balaban J connectivity index is 1.40. The Kier molecular flexibility index (Phi) is 6.22. The summed E-state index contributed by atoms with van der Waals surface area (Å²) in [5.74, 6) is 0.436. The number of amides is 1. The topological polar surface area (TPSA) is 90.7 Å². The van der Waals surface area contributed by atoms with Gasteiger partial charge in [-0.15, -0.1) is 22.7 Å². The fraction of sp³-hybridized carbons (Fsp3) is 0.478. The first-order valence-electron chi connectivity index (χ1n) is 10.8. The molecule has 1 amide bonds. The number of hydrogen-bond acceptors (Lipinski definition) is 8. The van der Waals surface area contributed by atoms with Crippen molar-refractivity contribution in [2.24, 2.45) is 4.99 Å². The van der Waals surface area contributed by atoms with Crippen molar-refractivity contribution in [3.8, 4) is 0 Å². The first kappa shape index (κ1) is 22.7. The van der Waals surface area contributed by atoms with Crippen LogP contribution in [-0.4, -0.2) is 46.1 Å². The predicted molar refractivity (Wildman–Crippen MR) is 132 cm³/mol. The first-order valence-corrected chi connectivity index (χ1v) is 12.4. The summed E-state index contributed by atoms with van der Waals surface area (Å²) in [5.41, 5.74) is 2.54. The highest BCUT2D eigenvalue weighted by Crippen LogP contribution is 2.38. The Labute approximate surface area is 196 Å². The molecule has 0 aromatic carbocycles. The molecule has 0 spiro atoms. The number of allylic oxidation sites excluding steroid dienone is 3. The number of thiazole rings is 1. The Bertz CT molecular complexity index is 1110. The lowest BCUT2D eigenvalue weighted by Gasteiger charge is -2.33. The van der Waals surface area contributed by atoms with Crippen molar-refractivity contribution in [2.45, 2.75) is 59.0 Å². The molecule has 7 nitrogen and oxygen atoms in total. The monoisotopic (exact) mass is 471 g/mol. The number of rotatable bonds is 3. The number of fused-ring (bicyclic) bond motifs is 1. The number of carbonyl (C=O) groups excluding carboxylic acids is 1. The quantitative estimate of drug-likeness (QED) is 0.566. The van der Waals surface area contributed by atoms with E-state index in [1.807, 2.05) is 45.7 Å². The van der Waals surface area contributed by atoms with E-state index in [0.717, 1.165) is 39.5 Å². The van der Waals surface area contributed by atoms with Gasteiger partial charge in [0.1, 0.15) is 15.4 Å². The second-order valence-electron chi connectivity index (χ2n) is 9.18. The number of hydrogen-bond donors (Lipinski definition) is 2. The van der Waals surface area contributed by atoms with Crippen LogP contribution in [0.3, 0.4) is 0 Å². The molecule has 4 rings (SSSR count). The number of aromatic nitrogens is 1. The van der Waals surface area contributed by atoms with Crippen LogP contribution in [0.25, 0.3) is 9.53 Å². The normalized spacial score (nSPS) is 19.0. The smallest absolute Gasteiger partial charge is 0.410 e. The predicted octanol–water partition coefficient (Wildman–Crippen LogP) is 5.65. The molecule has 2 aliphatic rings. The van der Waals surface area contributed by atoms with E-state index in [1.54, 1.807) is 28.7 Å². The van der Waals surface area contributed by atoms with E-state index in [-0.39, 0.29) is 6.09 Å². The SMILES string of the molecule is CC1=CN/C(=C\C(=N)c2nc3sc(C4CCN(C(=O)OC(C)(C)C)CC4)cc3s2)C(C)=N1. The maximum absolute atomic E-state index is 12.3. The van der Waals surface area contributed by atoms with Gasteiger partial charge in [-0.1, -0.05) is 0 Å². The lowest BCUT2D eigenvalue weighted by Crippen LogP contribution is -2.41. The van der Waals surface area contributed by atoms with Gasteiger partial charge in [-0.2, -0.15) is 0 Å². The van der Waals surface area contributed by atoms with Crippen LogP contribution in [0.15, 0.2) is 34.7 Å².